The number of aliphatic hydroxyl groups is 3. The molecule has 4 aromatic rings. The first-order valence-electron chi connectivity index (χ1n) is 10.4. The van der Waals surface area contributed by atoms with E-state index in [1.54, 1.807) is 0 Å². The molecule has 1 saturated heterocycles. The van der Waals surface area contributed by atoms with Crippen molar-refractivity contribution in [2.75, 3.05) is 18.1 Å². The monoisotopic (exact) mass is 612 g/mol. The van der Waals surface area contributed by atoms with Gasteiger partial charge < -0.3 is 56.1 Å². The molecule has 0 aliphatic carbocycles. The van der Waals surface area contributed by atoms with Gasteiger partial charge in [0.25, 0.3) is 11.1 Å². The van der Waals surface area contributed by atoms with Crippen molar-refractivity contribution in [1.29, 1.82) is 0 Å². The Labute approximate surface area is 219 Å². The van der Waals surface area contributed by atoms with Gasteiger partial charge in [-0.1, -0.05) is 0 Å². The first-order valence-corrected chi connectivity index (χ1v) is 13.4. The average Bonchev–Trinajstić information content (AvgIpc) is 3.51. The van der Waals surface area contributed by atoms with Crippen molar-refractivity contribution in [2.24, 2.45) is 0 Å². The Bertz CT molecular complexity index is 1670. The Hall–Kier alpha value is -3.60. The van der Waals surface area contributed by atoms with E-state index in [-0.39, 0.29) is 34.1 Å². The van der Waals surface area contributed by atoms with Crippen molar-refractivity contribution in [2.45, 2.75) is 24.5 Å². The molecule has 40 heavy (non-hydrogen) atoms. The van der Waals surface area contributed by atoms with Gasteiger partial charge in [0.2, 0.25) is 11.9 Å². The summed E-state index contributed by atoms with van der Waals surface area (Å²) in [6.07, 6.45) is -1.82. The highest BCUT2D eigenvalue weighted by atomic mass is 31.3. The minimum Gasteiger partial charge on any atom is -0.394 e. The van der Waals surface area contributed by atoms with Crippen LogP contribution < -0.4 is 22.6 Å². The highest BCUT2D eigenvalue weighted by Crippen LogP contribution is 2.53. The first kappa shape index (κ1) is 30.9. The predicted octanol–water partition coefficient (Wildman–Crippen LogP) is -4.27. The van der Waals surface area contributed by atoms with Crippen LogP contribution in [0.3, 0.4) is 0 Å². The molecule has 220 valence electrons. The number of phosphoric acid groups is 2. The third-order valence-corrected chi connectivity index (χ3v) is 6.46. The number of H-pyrrole nitrogens is 3. The van der Waals surface area contributed by atoms with Gasteiger partial charge in [0.15, 0.2) is 28.6 Å². The van der Waals surface area contributed by atoms with E-state index in [1.807, 2.05) is 0 Å². The fourth-order valence-corrected chi connectivity index (χ4v) is 4.35. The Kier molecular flexibility index (Phi) is 9.18. The molecule has 14 N–H and O–H groups in total. The van der Waals surface area contributed by atoms with Crippen molar-refractivity contribution in [3.8, 4) is 0 Å². The number of hydrogen-bond donors (Lipinski definition) is 12. The quantitative estimate of drug-likeness (QED) is 0.0970. The van der Waals surface area contributed by atoms with Crippen molar-refractivity contribution >= 4 is 49.9 Å². The molecule has 1 aliphatic rings. The lowest BCUT2D eigenvalue weighted by molar-refractivity contribution is -0.0511. The summed E-state index contributed by atoms with van der Waals surface area (Å²) in [7, 11) is -10.1. The van der Waals surface area contributed by atoms with Crippen LogP contribution in [-0.4, -0.2) is 99.3 Å². The number of fused-ring (bicyclic) bond motifs is 2. The molecule has 5 heterocycles. The number of ether oxygens (including phenoxy) is 1. The molecule has 0 saturated carbocycles. The van der Waals surface area contributed by atoms with Crippen LogP contribution in [0.2, 0.25) is 0 Å². The van der Waals surface area contributed by atoms with Crippen molar-refractivity contribution in [1.82, 2.24) is 39.5 Å². The summed E-state index contributed by atoms with van der Waals surface area (Å²) in [5.41, 5.74) is 10.7. The summed E-state index contributed by atoms with van der Waals surface area (Å²) >= 11 is 0. The lowest BCUT2D eigenvalue weighted by Gasteiger charge is -2.16. The van der Waals surface area contributed by atoms with Crippen molar-refractivity contribution in [3.05, 3.63) is 33.4 Å². The van der Waals surface area contributed by atoms with Gasteiger partial charge in [-0.05, 0) is 0 Å². The average molecular weight is 612 g/mol. The molecule has 0 radical (unpaired) electrons. The summed E-state index contributed by atoms with van der Waals surface area (Å²) in [5.74, 6) is -0.0113. The van der Waals surface area contributed by atoms with Crippen LogP contribution in [0.4, 0.5) is 11.9 Å². The Morgan fingerprint density at radius 2 is 1.52 bits per heavy atom. The van der Waals surface area contributed by atoms with Crippen LogP contribution >= 0.6 is 15.6 Å². The van der Waals surface area contributed by atoms with E-state index < -0.39 is 52.4 Å². The molecular weight excluding hydrogens is 590 g/mol. The third-order valence-electron chi connectivity index (χ3n) is 4.76. The van der Waals surface area contributed by atoms with Gasteiger partial charge in [-0.3, -0.25) is 24.1 Å². The molecule has 4 aromatic heterocycles. The van der Waals surface area contributed by atoms with E-state index in [0.29, 0.717) is 5.65 Å². The minimum absolute atomic E-state index is 0.0388. The second kappa shape index (κ2) is 11.9. The number of aromatic amines is 3. The predicted molar refractivity (Wildman–Crippen MR) is 130 cm³/mol. The summed E-state index contributed by atoms with van der Waals surface area (Å²) in [6, 6.07) is 0. The van der Waals surface area contributed by atoms with Gasteiger partial charge in [-0.25, -0.2) is 19.1 Å². The van der Waals surface area contributed by atoms with Crippen molar-refractivity contribution in [3.63, 3.8) is 0 Å². The zero-order valence-electron chi connectivity index (χ0n) is 19.5. The maximum absolute atomic E-state index is 11.7. The highest BCUT2D eigenvalue weighted by Gasteiger charge is 2.44. The maximum atomic E-state index is 11.7. The molecular formula is C15H22N10O13P2. The second-order valence-electron chi connectivity index (χ2n) is 7.62. The standard InChI is InChI=1S/C10H13N5O5.C5H5N5O.H4O7P2/c11-10-13-7-4(8(19)14-10)12-2-15(7)9-6(18)5(17)3(1-16)20-9;6-5-9-3-2(4(11)10-5)7-1-8-3;1-8(2,3)7-9(4,5)6/h2-3,5-6,9,16-18H,1H2,(H3,11,13,14,19);1H,(H4,6,7,8,9,10,11);(H2,1,2,3)(H2,4,5,6)/t3-,5-,6-,9-;;/m1../s1. The first-order chi connectivity index (χ1) is 18.5. The summed E-state index contributed by atoms with van der Waals surface area (Å²) in [6.45, 7) is -0.447. The number of nitrogens with two attached hydrogens (primary N) is 2. The minimum atomic E-state index is -5.05. The largest absolute Gasteiger partial charge is 0.478 e. The molecule has 1 fully saturated rings. The Balaban J connectivity index is 0.000000186. The van der Waals surface area contributed by atoms with Crippen LogP contribution in [0.1, 0.15) is 6.23 Å². The molecule has 4 atom stereocenters. The fraction of sp³-hybridized carbons (Fsp3) is 0.333. The summed E-state index contributed by atoms with van der Waals surface area (Å²) in [5, 5.41) is 28.7. The molecule has 0 spiro atoms. The molecule has 0 unspecified atom stereocenters. The topological polar surface area (TPSA) is 384 Å². The number of aliphatic hydroxyl groups excluding tert-OH is 3. The van der Waals surface area contributed by atoms with Gasteiger partial charge in [0.1, 0.15) is 18.3 Å². The molecule has 5 rings (SSSR count). The SMILES string of the molecule is Nc1nc2[nH]cnc2c(=O)[nH]1.Nc1nc2c(ncn2[C@@H]2O[C@H](CO)[C@@H](O)[C@H]2O)c(=O)[nH]1.O=P(O)(O)OP(=O)(O)O. The Morgan fingerprint density at radius 1 is 0.950 bits per heavy atom. The summed E-state index contributed by atoms with van der Waals surface area (Å²) < 4.78 is 28.9. The number of nitrogen functional groups attached to an aromatic ring is 2. The smallest absolute Gasteiger partial charge is 0.394 e. The van der Waals surface area contributed by atoms with E-state index in [4.69, 9.17) is 40.9 Å². The second-order valence-corrected chi connectivity index (χ2v) is 10.2. The number of nitrogens with one attached hydrogen (secondary N) is 3. The number of rotatable bonds is 4. The van der Waals surface area contributed by atoms with Crippen LogP contribution in [0.5, 0.6) is 0 Å². The molecule has 1 aliphatic heterocycles. The van der Waals surface area contributed by atoms with E-state index in [1.165, 1.54) is 17.2 Å². The summed E-state index contributed by atoms with van der Waals surface area (Å²) in [4.78, 5) is 76.3. The van der Waals surface area contributed by atoms with Crippen LogP contribution in [-0.2, 0) is 18.2 Å². The van der Waals surface area contributed by atoms with Gasteiger partial charge in [-0.2, -0.15) is 14.3 Å². The zero-order valence-corrected chi connectivity index (χ0v) is 21.3. The third kappa shape index (κ3) is 7.53. The lowest BCUT2D eigenvalue weighted by atomic mass is 10.1. The molecule has 0 aromatic carbocycles. The van der Waals surface area contributed by atoms with Gasteiger partial charge in [0, 0.05) is 0 Å². The number of anilines is 2. The maximum Gasteiger partial charge on any atom is 0.478 e. The normalized spacial score (nSPS) is 21.1. The van der Waals surface area contributed by atoms with Crippen LogP contribution in [0, 0.1) is 0 Å². The Morgan fingerprint density at radius 3 is 2.05 bits per heavy atom. The highest BCUT2D eigenvalue weighted by molar-refractivity contribution is 7.60. The number of nitrogens with zero attached hydrogens (tertiary/aromatic N) is 5. The van der Waals surface area contributed by atoms with Gasteiger partial charge >= 0.3 is 15.6 Å². The van der Waals surface area contributed by atoms with E-state index in [9.17, 15) is 28.9 Å². The van der Waals surface area contributed by atoms with Gasteiger partial charge in [0.05, 0.1) is 19.3 Å². The van der Waals surface area contributed by atoms with Gasteiger partial charge in [-0.15, -0.1) is 0 Å². The van der Waals surface area contributed by atoms with Crippen LogP contribution in [0.15, 0.2) is 22.2 Å². The number of hydrogen-bond acceptors (Lipinski definition) is 15. The molecule has 25 heteroatoms. The number of imidazole rings is 2. The van der Waals surface area contributed by atoms with E-state index >= 15 is 0 Å². The zero-order chi connectivity index (χ0) is 30.0. The van der Waals surface area contributed by atoms with E-state index in [0.717, 1.165) is 0 Å². The molecule has 0 amide bonds. The lowest BCUT2D eigenvalue weighted by Crippen LogP contribution is -2.33. The fourth-order valence-electron chi connectivity index (χ4n) is 3.24. The van der Waals surface area contributed by atoms with Crippen LogP contribution in [0.25, 0.3) is 22.3 Å². The molecule has 23 nitrogen and oxygen atoms in total. The number of aromatic nitrogens is 8. The van der Waals surface area contributed by atoms with Crippen molar-refractivity contribution < 1.29 is 53.1 Å². The molecule has 0 bridgehead atoms. The van der Waals surface area contributed by atoms with E-state index in [2.05, 4.69) is 39.2 Å².